The first-order chi connectivity index (χ1) is 9.20. The second-order valence-corrected chi connectivity index (χ2v) is 4.81. The van der Waals surface area contributed by atoms with Crippen molar-refractivity contribution in [3.63, 3.8) is 0 Å². The van der Waals surface area contributed by atoms with Gasteiger partial charge in [0.15, 0.2) is 6.35 Å². The minimum Gasteiger partial charge on any atom is -0.361 e. The lowest BCUT2D eigenvalue weighted by Gasteiger charge is -2.16. The molecular formula is C14H17N3O2. The molecule has 0 saturated carbocycles. The first-order valence-corrected chi connectivity index (χ1v) is 6.40. The summed E-state index contributed by atoms with van der Waals surface area (Å²) in [6.45, 7) is 2.01. The van der Waals surface area contributed by atoms with Gasteiger partial charge >= 0.3 is 0 Å². The van der Waals surface area contributed by atoms with Crippen molar-refractivity contribution in [3.8, 4) is 0 Å². The SMILES string of the molecule is CNC1NC(=O)C(C(C)c2c[nH]c3ccccc23)O1. The van der Waals surface area contributed by atoms with Gasteiger partial charge in [0.1, 0.15) is 6.10 Å². The first kappa shape index (κ1) is 12.2. The zero-order valence-electron chi connectivity index (χ0n) is 10.9. The monoisotopic (exact) mass is 259 g/mol. The highest BCUT2D eigenvalue weighted by atomic mass is 16.5. The Kier molecular flexibility index (Phi) is 3.00. The number of H-pyrrole nitrogens is 1. The molecule has 1 aliphatic rings. The molecule has 1 aliphatic heterocycles. The molecule has 2 aromatic rings. The van der Waals surface area contributed by atoms with E-state index in [1.54, 1.807) is 7.05 Å². The largest absolute Gasteiger partial charge is 0.361 e. The number of rotatable bonds is 3. The van der Waals surface area contributed by atoms with E-state index in [-0.39, 0.29) is 11.8 Å². The van der Waals surface area contributed by atoms with E-state index < -0.39 is 12.5 Å². The van der Waals surface area contributed by atoms with Gasteiger partial charge in [-0.2, -0.15) is 0 Å². The molecule has 1 amide bonds. The third-order valence-electron chi connectivity index (χ3n) is 3.64. The topological polar surface area (TPSA) is 66.1 Å². The van der Waals surface area contributed by atoms with Crippen LogP contribution in [0.5, 0.6) is 0 Å². The summed E-state index contributed by atoms with van der Waals surface area (Å²) in [6, 6.07) is 8.07. The molecule has 3 unspecified atom stereocenters. The van der Waals surface area contributed by atoms with Crippen LogP contribution in [-0.4, -0.2) is 30.4 Å². The van der Waals surface area contributed by atoms with Gasteiger partial charge in [0.25, 0.3) is 5.91 Å². The standard InChI is InChI=1S/C14H17N3O2/c1-8(12-13(18)17-14(15-2)19-12)10-7-16-11-6-4-3-5-9(10)11/h3-8,12,14-16H,1-2H3,(H,17,18). The number of ether oxygens (including phenoxy) is 1. The van der Waals surface area contributed by atoms with Gasteiger partial charge in [-0.15, -0.1) is 0 Å². The van der Waals surface area contributed by atoms with Gasteiger partial charge in [-0.25, -0.2) is 0 Å². The maximum Gasteiger partial charge on any atom is 0.252 e. The van der Waals surface area contributed by atoms with Crippen LogP contribution in [-0.2, 0) is 9.53 Å². The highest BCUT2D eigenvalue weighted by Gasteiger charge is 2.37. The van der Waals surface area contributed by atoms with E-state index in [2.05, 4.69) is 21.7 Å². The summed E-state index contributed by atoms with van der Waals surface area (Å²) in [4.78, 5) is 15.2. The Morgan fingerprint density at radius 1 is 1.37 bits per heavy atom. The zero-order chi connectivity index (χ0) is 13.4. The van der Waals surface area contributed by atoms with Crippen molar-refractivity contribution in [2.45, 2.75) is 25.3 Å². The van der Waals surface area contributed by atoms with Crippen LogP contribution < -0.4 is 10.6 Å². The Morgan fingerprint density at radius 3 is 2.89 bits per heavy atom. The average molecular weight is 259 g/mol. The summed E-state index contributed by atoms with van der Waals surface area (Å²) in [5, 5.41) is 6.80. The van der Waals surface area contributed by atoms with Crippen molar-refractivity contribution >= 4 is 16.8 Å². The van der Waals surface area contributed by atoms with Gasteiger partial charge in [0.2, 0.25) is 0 Å². The van der Waals surface area contributed by atoms with Crippen molar-refractivity contribution in [3.05, 3.63) is 36.0 Å². The van der Waals surface area contributed by atoms with Crippen LogP contribution in [0.3, 0.4) is 0 Å². The molecule has 3 atom stereocenters. The van der Waals surface area contributed by atoms with E-state index in [4.69, 9.17) is 4.74 Å². The molecule has 1 aromatic heterocycles. The zero-order valence-corrected chi connectivity index (χ0v) is 10.9. The van der Waals surface area contributed by atoms with Gasteiger partial charge in [0, 0.05) is 23.0 Å². The van der Waals surface area contributed by atoms with Gasteiger partial charge in [0.05, 0.1) is 0 Å². The Hall–Kier alpha value is -1.85. The Balaban J connectivity index is 1.92. The van der Waals surface area contributed by atoms with E-state index in [0.717, 1.165) is 16.5 Å². The predicted octanol–water partition coefficient (Wildman–Crippen LogP) is 1.29. The number of nitrogens with one attached hydrogen (secondary N) is 3. The molecule has 0 radical (unpaired) electrons. The fourth-order valence-electron chi connectivity index (χ4n) is 2.57. The highest BCUT2D eigenvalue weighted by Crippen LogP contribution is 2.30. The first-order valence-electron chi connectivity index (χ1n) is 6.40. The number of fused-ring (bicyclic) bond motifs is 1. The molecule has 1 aromatic carbocycles. The molecule has 1 fully saturated rings. The van der Waals surface area contributed by atoms with E-state index in [1.807, 2.05) is 31.3 Å². The second kappa shape index (κ2) is 4.68. The van der Waals surface area contributed by atoms with Crippen molar-refractivity contribution < 1.29 is 9.53 Å². The summed E-state index contributed by atoms with van der Waals surface area (Å²) in [7, 11) is 1.75. The Labute approximate surface area is 111 Å². The number of hydrogen-bond acceptors (Lipinski definition) is 3. The van der Waals surface area contributed by atoms with Crippen LogP contribution in [0, 0.1) is 0 Å². The minimum atomic E-state index is -0.461. The molecule has 2 heterocycles. The van der Waals surface area contributed by atoms with Gasteiger partial charge in [-0.05, 0) is 18.7 Å². The molecule has 19 heavy (non-hydrogen) atoms. The normalized spacial score (nSPS) is 24.6. The Morgan fingerprint density at radius 2 is 2.16 bits per heavy atom. The summed E-state index contributed by atoms with van der Waals surface area (Å²) >= 11 is 0. The number of benzene rings is 1. The van der Waals surface area contributed by atoms with E-state index in [1.165, 1.54) is 0 Å². The van der Waals surface area contributed by atoms with Crippen molar-refractivity contribution in [2.24, 2.45) is 0 Å². The smallest absolute Gasteiger partial charge is 0.252 e. The molecule has 0 spiro atoms. The summed E-state index contributed by atoms with van der Waals surface area (Å²) < 4.78 is 5.67. The quantitative estimate of drug-likeness (QED) is 0.778. The minimum absolute atomic E-state index is 0.00509. The lowest BCUT2D eigenvalue weighted by Crippen LogP contribution is -2.37. The second-order valence-electron chi connectivity index (χ2n) is 4.81. The highest BCUT2D eigenvalue weighted by molar-refractivity contribution is 5.87. The number of hydrogen-bond donors (Lipinski definition) is 3. The number of aromatic amines is 1. The molecule has 3 rings (SSSR count). The predicted molar refractivity (Wildman–Crippen MR) is 72.6 cm³/mol. The molecular weight excluding hydrogens is 242 g/mol. The van der Waals surface area contributed by atoms with E-state index >= 15 is 0 Å². The van der Waals surface area contributed by atoms with Crippen LogP contribution in [0.25, 0.3) is 10.9 Å². The van der Waals surface area contributed by atoms with Crippen LogP contribution >= 0.6 is 0 Å². The number of para-hydroxylation sites is 1. The molecule has 1 saturated heterocycles. The van der Waals surface area contributed by atoms with Gasteiger partial charge in [-0.1, -0.05) is 25.1 Å². The van der Waals surface area contributed by atoms with Crippen LogP contribution in [0.4, 0.5) is 0 Å². The Bertz CT molecular complexity index is 608. The van der Waals surface area contributed by atoms with Crippen LogP contribution in [0.1, 0.15) is 18.4 Å². The van der Waals surface area contributed by atoms with E-state index in [0.29, 0.717) is 0 Å². The number of carbonyl (C=O) groups excluding carboxylic acids is 1. The summed E-state index contributed by atoms with van der Waals surface area (Å²) in [5.74, 6) is -0.0772. The van der Waals surface area contributed by atoms with Crippen LogP contribution in [0.2, 0.25) is 0 Å². The fourth-order valence-corrected chi connectivity index (χ4v) is 2.57. The summed E-state index contributed by atoms with van der Waals surface area (Å²) in [6.07, 6.45) is 1.10. The maximum atomic E-state index is 11.9. The molecule has 0 aliphatic carbocycles. The number of amides is 1. The maximum absolute atomic E-state index is 11.9. The van der Waals surface area contributed by atoms with Crippen molar-refractivity contribution in [1.29, 1.82) is 0 Å². The van der Waals surface area contributed by atoms with Gasteiger partial charge in [-0.3, -0.25) is 10.1 Å². The molecule has 0 bridgehead atoms. The number of carbonyl (C=O) groups is 1. The van der Waals surface area contributed by atoms with E-state index in [9.17, 15) is 4.79 Å². The number of aromatic nitrogens is 1. The third-order valence-corrected chi connectivity index (χ3v) is 3.64. The fraction of sp³-hybridized carbons (Fsp3) is 0.357. The third kappa shape index (κ3) is 2.01. The molecule has 100 valence electrons. The molecule has 5 nitrogen and oxygen atoms in total. The summed E-state index contributed by atoms with van der Waals surface area (Å²) in [5.41, 5.74) is 2.18. The van der Waals surface area contributed by atoms with Crippen molar-refractivity contribution in [1.82, 2.24) is 15.6 Å². The molecule has 5 heteroatoms. The molecule has 3 N–H and O–H groups in total. The van der Waals surface area contributed by atoms with Crippen LogP contribution in [0.15, 0.2) is 30.5 Å². The average Bonchev–Trinajstić information content (AvgIpc) is 3.01. The van der Waals surface area contributed by atoms with Crippen molar-refractivity contribution in [2.75, 3.05) is 7.05 Å². The van der Waals surface area contributed by atoms with Gasteiger partial charge < -0.3 is 15.0 Å². The lowest BCUT2D eigenvalue weighted by molar-refractivity contribution is -0.124. The lowest BCUT2D eigenvalue weighted by atomic mass is 9.94.